The van der Waals surface area contributed by atoms with Crippen LogP contribution in [0.5, 0.6) is 0 Å². The fourth-order valence-electron chi connectivity index (χ4n) is 5.51. The van der Waals surface area contributed by atoms with Gasteiger partial charge in [0.15, 0.2) is 0 Å². The number of hydrogen-bond donors (Lipinski definition) is 0. The summed E-state index contributed by atoms with van der Waals surface area (Å²) < 4.78 is 1.95. The van der Waals surface area contributed by atoms with Crippen LogP contribution >= 0.6 is 0 Å². The standard InChI is InChI=1S/C25H29N5O/c1-28-23(10-13-27-28)22-18-29(16-21-9-5-12-26-15-21)19-25(22)11-6-14-30(24(25)31)17-20-7-3-2-4-8-20/h2-5,7-10,12-13,15,22H,6,11,14,16-19H2,1H3/t22-,25+/m0/s1. The molecule has 0 N–H and O–H groups in total. The molecule has 0 bridgehead atoms. The van der Waals surface area contributed by atoms with E-state index in [1.807, 2.05) is 48.4 Å². The van der Waals surface area contributed by atoms with E-state index in [4.69, 9.17) is 0 Å². The number of benzene rings is 1. The van der Waals surface area contributed by atoms with Crippen LogP contribution in [0.25, 0.3) is 0 Å². The van der Waals surface area contributed by atoms with Crippen LogP contribution in [0, 0.1) is 5.41 Å². The van der Waals surface area contributed by atoms with Crippen molar-refractivity contribution in [2.24, 2.45) is 12.5 Å². The van der Waals surface area contributed by atoms with Crippen molar-refractivity contribution in [3.8, 4) is 0 Å². The van der Waals surface area contributed by atoms with Gasteiger partial charge < -0.3 is 4.90 Å². The topological polar surface area (TPSA) is 54.3 Å². The summed E-state index contributed by atoms with van der Waals surface area (Å²) in [5.41, 5.74) is 3.13. The molecule has 0 saturated carbocycles. The first-order chi connectivity index (χ1) is 15.2. The van der Waals surface area contributed by atoms with E-state index < -0.39 is 5.41 Å². The molecule has 4 heterocycles. The number of carbonyl (C=O) groups excluding carboxylic acids is 1. The van der Waals surface area contributed by atoms with Crippen molar-refractivity contribution in [1.29, 1.82) is 0 Å². The van der Waals surface area contributed by atoms with Crippen LogP contribution in [-0.2, 0) is 24.9 Å². The van der Waals surface area contributed by atoms with Gasteiger partial charge in [-0.25, -0.2) is 0 Å². The normalized spacial score (nSPS) is 24.2. The minimum Gasteiger partial charge on any atom is -0.338 e. The second kappa shape index (κ2) is 8.27. The fourth-order valence-corrected chi connectivity index (χ4v) is 5.51. The second-order valence-corrected chi connectivity index (χ2v) is 8.94. The Hall–Kier alpha value is -2.99. The quantitative estimate of drug-likeness (QED) is 0.642. The average Bonchev–Trinajstić information content (AvgIpc) is 3.36. The van der Waals surface area contributed by atoms with E-state index in [1.54, 1.807) is 6.20 Å². The Balaban J connectivity index is 1.45. The minimum atomic E-state index is -0.400. The second-order valence-electron chi connectivity index (χ2n) is 8.94. The first-order valence-electron chi connectivity index (χ1n) is 11.1. The molecule has 2 aliphatic heterocycles. The average molecular weight is 416 g/mol. The van der Waals surface area contributed by atoms with Gasteiger partial charge >= 0.3 is 0 Å². The minimum absolute atomic E-state index is 0.141. The van der Waals surface area contributed by atoms with Gasteiger partial charge in [-0.2, -0.15) is 5.10 Å². The molecule has 31 heavy (non-hydrogen) atoms. The molecule has 6 heteroatoms. The number of likely N-dealkylation sites (tertiary alicyclic amines) is 2. The third-order valence-electron chi connectivity index (χ3n) is 6.94. The lowest BCUT2D eigenvalue weighted by atomic mass is 9.70. The van der Waals surface area contributed by atoms with Crippen molar-refractivity contribution in [1.82, 2.24) is 24.6 Å². The number of amides is 1. The molecule has 1 aromatic carbocycles. The van der Waals surface area contributed by atoms with Crippen LogP contribution < -0.4 is 0 Å². The molecule has 5 rings (SSSR count). The zero-order valence-corrected chi connectivity index (χ0v) is 18.0. The first-order valence-corrected chi connectivity index (χ1v) is 11.1. The van der Waals surface area contributed by atoms with Gasteiger partial charge in [-0.3, -0.25) is 19.4 Å². The SMILES string of the molecule is Cn1nccc1[C@@H]1CN(Cc2cccnc2)C[C@]12CCCN(Cc1ccccc1)C2=O. The highest BCUT2D eigenvalue weighted by Gasteiger charge is 2.55. The van der Waals surface area contributed by atoms with Crippen molar-refractivity contribution >= 4 is 5.91 Å². The lowest BCUT2D eigenvalue weighted by Crippen LogP contribution is -2.52. The lowest BCUT2D eigenvalue weighted by molar-refractivity contribution is -0.147. The van der Waals surface area contributed by atoms with Crippen LogP contribution in [-0.4, -0.2) is 50.1 Å². The Morgan fingerprint density at radius 1 is 1.03 bits per heavy atom. The molecule has 2 aliphatic rings. The monoisotopic (exact) mass is 415 g/mol. The van der Waals surface area contributed by atoms with Crippen LogP contribution in [0.1, 0.15) is 35.6 Å². The van der Waals surface area contributed by atoms with E-state index in [9.17, 15) is 4.79 Å². The van der Waals surface area contributed by atoms with Crippen molar-refractivity contribution < 1.29 is 4.79 Å². The molecular formula is C25H29N5O. The Bertz CT molecular complexity index is 1030. The number of pyridine rings is 1. The third kappa shape index (κ3) is 3.76. The van der Waals surface area contributed by atoms with E-state index in [0.717, 1.165) is 44.7 Å². The molecule has 6 nitrogen and oxygen atoms in total. The zero-order chi connectivity index (χ0) is 21.3. The van der Waals surface area contributed by atoms with Gasteiger partial charge in [-0.1, -0.05) is 36.4 Å². The Morgan fingerprint density at radius 3 is 2.61 bits per heavy atom. The molecule has 3 aromatic rings. The van der Waals surface area contributed by atoms with Crippen molar-refractivity contribution in [3.63, 3.8) is 0 Å². The third-order valence-corrected chi connectivity index (χ3v) is 6.94. The summed E-state index contributed by atoms with van der Waals surface area (Å²) in [4.78, 5) is 22.8. The number of hydrogen-bond acceptors (Lipinski definition) is 4. The molecule has 1 amide bonds. The van der Waals surface area contributed by atoms with E-state index >= 15 is 0 Å². The van der Waals surface area contributed by atoms with Crippen LogP contribution in [0.15, 0.2) is 67.1 Å². The maximum Gasteiger partial charge on any atom is 0.231 e. The highest BCUT2D eigenvalue weighted by molar-refractivity contribution is 5.85. The lowest BCUT2D eigenvalue weighted by Gasteiger charge is -2.42. The smallest absolute Gasteiger partial charge is 0.231 e. The van der Waals surface area contributed by atoms with Crippen molar-refractivity contribution in [2.45, 2.75) is 31.8 Å². The fraction of sp³-hybridized carbons (Fsp3) is 0.400. The summed E-state index contributed by atoms with van der Waals surface area (Å²) in [6.45, 7) is 3.97. The van der Waals surface area contributed by atoms with E-state index in [1.165, 1.54) is 11.1 Å². The number of nitrogens with zero attached hydrogens (tertiary/aromatic N) is 5. The Labute approximate surface area is 183 Å². The molecule has 0 aliphatic carbocycles. The predicted octanol–water partition coefficient (Wildman–Crippen LogP) is 3.22. The number of aromatic nitrogens is 3. The summed E-state index contributed by atoms with van der Waals surface area (Å²) in [6, 6.07) is 16.5. The molecule has 2 atom stereocenters. The van der Waals surface area contributed by atoms with Gasteiger partial charge in [0, 0.05) is 70.0 Å². The van der Waals surface area contributed by atoms with Gasteiger partial charge in [0.25, 0.3) is 0 Å². The molecule has 160 valence electrons. The molecule has 2 fully saturated rings. The number of aryl methyl sites for hydroxylation is 1. The summed E-state index contributed by atoms with van der Waals surface area (Å²) in [5, 5.41) is 4.42. The number of rotatable bonds is 5. The summed E-state index contributed by atoms with van der Waals surface area (Å²) in [5.74, 6) is 0.435. The van der Waals surface area contributed by atoms with Crippen LogP contribution in [0.2, 0.25) is 0 Å². The highest BCUT2D eigenvalue weighted by Crippen LogP contribution is 2.49. The summed E-state index contributed by atoms with van der Waals surface area (Å²) >= 11 is 0. The number of carbonyl (C=O) groups is 1. The van der Waals surface area contributed by atoms with E-state index in [0.29, 0.717) is 12.5 Å². The van der Waals surface area contributed by atoms with Gasteiger partial charge in [-0.05, 0) is 36.1 Å². The predicted molar refractivity (Wildman–Crippen MR) is 119 cm³/mol. The van der Waals surface area contributed by atoms with Crippen molar-refractivity contribution in [2.75, 3.05) is 19.6 Å². The first kappa shape index (κ1) is 19.9. The van der Waals surface area contributed by atoms with Gasteiger partial charge in [-0.15, -0.1) is 0 Å². The van der Waals surface area contributed by atoms with E-state index in [-0.39, 0.29) is 5.92 Å². The highest BCUT2D eigenvalue weighted by atomic mass is 16.2. The molecule has 0 radical (unpaired) electrons. The Morgan fingerprint density at radius 2 is 1.87 bits per heavy atom. The van der Waals surface area contributed by atoms with Crippen LogP contribution in [0.3, 0.4) is 0 Å². The van der Waals surface area contributed by atoms with Gasteiger partial charge in [0.05, 0.1) is 5.41 Å². The van der Waals surface area contributed by atoms with Crippen molar-refractivity contribution in [3.05, 3.63) is 83.9 Å². The molecule has 0 unspecified atom stereocenters. The van der Waals surface area contributed by atoms with Gasteiger partial charge in [0.2, 0.25) is 5.91 Å². The van der Waals surface area contributed by atoms with Gasteiger partial charge in [0.1, 0.15) is 0 Å². The van der Waals surface area contributed by atoms with Crippen LogP contribution in [0.4, 0.5) is 0 Å². The molecular weight excluding hydrogens is 386 g/mol. The molecule has 1 spiro atoms. The largest absolute Gasteiger partial charge is 0.338 e. The zero-order valence-electron chi connectivity index (χ0n) is 18.0. The van der Waals surface area contributed by atoms with E-state index in [2.05, 4.69) is 44.1 Å². The molecule has 2 saturated heterocycles. The maximum atomic E-state index is 14.0. The summed E-state index contributed by atoms with van der Waals surface area (Å²) in [6.07, 6.45) is 7.54. The maximum absolute atomic E-state index is 14.0. The Kier molecular flexibility index (Phi) is 5.32. The number of piperidine rings is 1. The summed E-state index contributed by atoms with van der Waals surface area (Å²) in [7, 11) is 1.99. The molecule has 2 aromatic heterocycles.